The monoisotopic (exact) mass is 255 g/mol. The molecule has 1 aromatic carbocycles. The number of hydrogen-bond donors (Lipinski definition) is 3. The molecule has 7 heteroatoms. The molecule has 1 saturated heterocycles. The van der Waals surface area contributed by atoms with Crippen LogP contribution in [0.15, 0.2) is 24.3 Å². The standard InChI is InChI=1S/C11H13NO6/c13-5-8-9(14)10(15)11(18-8)6-1-3-7(4-2-6)12(16)17/h1-4,8-11,13-15H,5H2/t8-,9-,10+,11?/m0/s1. The summed E-state index contributed by atoms with van der Waals surface area (Å²) in [6.07, 6.45) is -3.98. The zero-order valence-corrected chi connectivity index (χ0v) is 9.34. The molecule has 7 nitrogen and oxygen atoms in total. The van der Waals surface area contributed by atoms with E-state index in [-0.39, 0.29) is 5.69 Å². The van der Waals surface area contributed by atoms with Gasteiger partial charge in [-0.3, -0.25) is 10.1 Å². The summed E-state index contributed by atoms with van der Waals surface area (Å²) < 4.78 is 5.30. The highest BCUT2D eigenvalue weighted by atomic mass is 16.6. The number of nitro groups is 1. The SMILES string of the molecule is O=[N+]([O-])c1ccc(C2O[C@@H](CO)[C@H](O)[C@H]2O)cc1. The third kappa shape index (κ3) is 2.21. The van der Waals surface area contributed by atoms with Crippen molar-refractivity contribution in [2.24, 2.45) is 0 Å². The van der Waals surface area contributed by atoms with Crippen LogP contribution in [0.25, 0.3) is 0 Å². The number of aliphatic hydroxyl groups is 3. The summed E-state index contributed by atoms with van der Waals surface area (Å²) in [4.78, 5) is 9.97. The Balaban J connectivity index is 2.19. The molecule has 0 aromatic heterocycles. The molecule has 1 aliphatic rings. The van der Waals surface area contributed by atoms with E-state index in [2.05, 4.69) is 0 Å². The van der Waals surface area contributed by atoms with Gasteiger partial charge >= 0.3 is 0 Å². The maximum absolute atomic E-state index is 10.5. The molecule has 4 atom stereocenters. The fourth-order valence-corrected chi connectivity index (χ4v) is 1.96. The predicted octanol–water partition coefficient (Wildman–Crippen LogP) is -0.251. The van der Waals surface area contributed by atoms with Crippen LogP contribution in [0.2, 0.25) is 0 Å². The van der Waals surface area contributed by atoms with Crippen LogP contribution in [0.1, 0.15) is 11.7 Å². The molecule has 1 unspecified atom stereocenters. The van der Waals surface area contributed by atoms with Crippen LogP contribution < -0.4 is 0 Å². The van der Waals surface area contributed by atoms with E-state index < -0.39 is 35.9 Å². The lowest BCUT2D eigenvalue weighted by Gasteiger charge is -2.14. The highest BCUT2D eigenvalue weighted by Gasteiger charge is 2.42. The molecule has 0 bridgehead atoms. The van der Waals surface area contributed by atoms with E-state index in [1.165, 1.54) is 24.3 Å². The second kappa shape index (κ2) is 4.99. The van der Waals surface area contributed by atoms with Gasteiger partial charge in [-0.25, -0.2) is 0 Å². The molecular weight excluding hydrogens is 242 g/mol. The van der Waals surface area contributed by atoms with Crippen molar-refractivity contribution in [3.05, 3.63) is 39.9 Å². The lowest BCUT2D eigenvalue weighted by molar-refractivity contribution is -0.384. The van der Waals surface area contributed by atoms with E-state index in [4.69, 9.17) is 9.84 Å². The molecule has 1 aromatic rings. The summed E-state index contributed by atoms with van der Waals surface area (Å²) in [5.41, 5.74) is 0.452. The topological polar surface area (TPSA) is 113 Å². The molecule has 0 amide bonds. The van der Waals surface area contributed by atoms with Crippen LogP contribution in [0.5, 0.6) is 0 Å². The minimum absolute atomic E-state index is 0.0644. The quantitative estimate of drug-likeness (QED) is 0.507. The van der Waals surface area contributed by atoms with Crippen molar-refractivity contribution in [1.29, 1.82) is 0 Å². The van der Waals surface area contributed by atoms with E-state index in [1.54, 1.807) is 0 Å². The van der Waals surface area contributed by atoms with Crippen molar-refractivity contribution in [2.45, 2.75) is 24.4 Å². The highest BCUT2D eigenvalue weighted by Crippen LogP contribution is 2.33. The lowest BCUT2D eigenvalue weighted by atomic mass is 10.0. The Labute approximate surface area is 102 Å². The van der Waals surface area contributed by atoms with E-state index >= 15 is 0 Å². The van der Waals surface area contributed by atoms with Gasteiger partial charge < -0.3 is 20.1 Å². The van der Waals surface area contributed by atoms with Gasteiger partial charge in [0.1, 0.15) is 24.4 Å². The van der Waals surface area contributed by atoms with Crippen molar-refractivity contribution in [2.75, 3.05) is 6.61 Å². The average Bonchev–Trinajstić information content (AvgIpc) is 2.66. The molecule has 0 saturated carbocycles. The van der Waals surface area contributed by atoms with Gasteiger partial charge in [-0.1, -0.05) is 0 Å². The molecule has 1 heterocycles. The maximum Gasteiger partial charge on any atom is 0.269 e. The number of hydrogen-bond acceptors (Lipinski definition) is 6. The van der Waals surface area contributed by atoms with Gasteiger partial charge in [-0.15, -0.1) is 0 Å². The molecule has 0 spiro atoms. The van der Waals surface area contributed by atoms with Crippen molar-refractivity contribution >= 4 is 5.69 Å². The number of non-ortho nitro benzene ring substituents is 1. The fourth-order valence-electron chi connectivity index (χ4n) is 1.96. The molecule has 98 valence electrons. The highest BCUT2D eigenvalue weighted by molar-refractivity contribution is 5.34. The Hall–Kier alpha value is -1.54. The molecular formula is C11H13NO6. The van der Waals surface area contributed by atoms with E-state index in [0.717, 1.165) is 0 Å². The van der Waals surface area contributed by atoms with Crippen molar-refractivity contribution in [3.8, 4) is 0 Å². The van der Waals surface area contributed by atoms with E-state index in [0.29, 0.717) is 5.56 Å². The normalized spacial score (nSPS) is 31.5. The van der Waals surface area contributed by atoms with Gasteiger partial charge in [0.25, 0.3) is 5.69 Å². The van der Waals surface area contributed by atoms with Crippen LogP contribution in [0, 0.1) is 10.1 Å². The van der Waals surface area contributed by atoms with Gasteiger partial charge in [0.05, 0.1) is 11.5 Å². The smallest absolute Gasteiger partial charge is 0.269 e. The second-order valence-corrected chi connectivity index (χ2v) is 4.11. The number of aliphatic hydroxyl groups excluding tert-OH is 3. The van der Waals surface area contributed by atoms with Gasteiger partial charge in [-0.2, -0.15) is 0 Å². The maximum atomic E-state index is 10.5. The summed E-state index contributed by atoms with van der Waals surface area (Å²) in [5, 5.41) is 38.8. The van der Waals surface area contributed by atoms with Crippen LogP contribution in [0.4, 0.5) is 5.69 Å². The number of rotatable bonds is 3. The third-order valence-electron chi connectivity index (χ3n) is 2.97. The van der Waals surface area contributed by atoms with Gasteiger partial charge in [0.2, 0.25) is 0 Å². The van der Waals surface area contributed by atoms with Crippen molar-refractivity contribution in [1.82, 2.24) is 0 Å². The molecule has 0 aliphatic carbocycles. The van der Waals surface area contributed by atoms with Crippen LogP contribution in [-0.4, -0.2) is 45.2 Å². The van der Waals surface area contributed by atoms with Crippen molar-refractivity contribution in [3.63, 3.8) is 0 Å². The predicted molar refractivity (Wildman–Crippen MR) is 59.8 cm³/mol. The largest absolute Gasteiger partial charge is 0.394 e. The summed E-state index contributed by atoms with van der Waals surface area (Å²) >= 11 is 0. The zero-order valence-electron chi connectivity index (χ0n) is 9.34. The minimum atomic E-state index is -1.17. The van der Waals surface area contributed by atoms with Gasteiger partial charge in [-0.05, 0) is 17.7 Å². The number of nitrogens with zero attached hydrogens (tertiary/aromatic N) is 1. The number of ether oxygens (including phenoxy) is 1. The second-order valence-electron chi connectivity index (χ2n) is 4.11. The van der Waals surface area contributed by atoms with Crippen molar-refractivity contribution < 1.29 is 25.0 Å². The Morgan fingerprint density at radius 2 is 1.83 bits per heavy atom. The first kappa shape index (κ1) is 12.9. The van der Waals surface area contributed by atoms with E-state index in [9.17, 15) is 20.3 Å². The van der Waals surface area contributed by atoms with Gasteiger partial charge in [0.15, 0.2) is 0 Å². The van der Waals surface area contributed by atoms with Crippen LogP contribution >= 0.6 is 0 Å². The van der Waals surface area contributed by atoms with Gasteiger partial charge in [0, 0.05) is 12.1 Å². The molecule has 2 rings (SSSR count). The number of benzene rings is 1. The fraction of sp³-hybridized carbons (Fsp3) is 0.455. The first-order chi connectivity index (χ1) is 8.54. The Kier molecular flexibility index (Phi) is 3.58. The summed E-state index contributed by atoms with van der Waals surface area (Å²) in [6, 6.07) is 5.51. The molecule has 1 aliphatic heterocycles. The summed E-state index contributed by atoms with van der Waals surface area (Å²) in [5.74, 6) is 0. The first-order valence-corrected chi connectivity index (χ1v) is 5.41. The van der Waals surface area contributed by atoms with Crippen LogP contribution in [0.3, 0.4) is 0 Å². The average molecular weight is 255 g/mol. The third-order valence-corrected chi connectivity index (χ3v) is 2.97. The molecule has 3 N–H and O–H groups in total. The van der Waals surface area contributed by atoms with E-state index in [1.807, 2.05) is 0 Å². The summed E-state index contributed by atoms with van der Waals surface area (Å²) in [7, 11) is 0. The van der Waals surface area contributed by atoms with Crippen LogP contribution in [-0.2, 0) is 4.74 Å². The summed E-state index contributed by atoms with van der Waals surface area (Å²) in [6.45, 7) is -0.401. The molecule has 18 heavy (non-hydrogen) atoms. The Bertz CT molecular complexity index is 434. The Morgan fingerprint density at radius 1 is 1.22 bits per heavy atom. The Morgan fingerprint density at radius 3 is 2.28 bits per heavy atom. The first-order valence-electron chi connectivity index (χ1n) is 5.41. The molecule has 1 fully saturated rings. The minimum Gasteiger partial charge on any atom is -0.394 e. The lowest BCUT2D eigenvalue weighted by Crippen LogP contribution is -2.32. The zero-order chi connectivity index (χ0) is 13.3. The molecule has 0 radical (unpaired) electrons. The number of nitro benzene ring substituents is 1.